The molecule has 0 aliphatic carbocycles. The summed E-state index contributed by atoms with van der Waals surface area (Å²) in [5, 5.41) is 13.2. The van der Waals surface area contributed by atoms with Crippen molar-refractivity contribution in [2.75, 3.05) is 32.8 Å². The summed E-state index contributed by atoms with van der Waals surface area (Å²) in [6, 6.07) is 2.69. The van der Waals surface area contributed by atoms with Gasteiger partial charge in [0.15, 0.2) is 18.0 Å². The minimum Gasteiger partial charge on any atom is -0.441 e. The molecule has 1 N–H and O–H groups in total. The first-order chi connectivity index (χ1) is 11.1. The zero-order chi connectivity index (χ0) is 16.2. The molecule has 3 heterocycles. The third-order valence-electron chi connectivity index (χ3n) is 3.57. The van der Waals surface area contributed by atoms with Crippen molar-refractivity contribution in [3.8, 4) is 0 Å². The van der Waals surface area contributed by atoms with Gasteiger partial charge in [0.2, 0.25) is 0 Å². The van der Waals surface area contributed by atoms with Crippen molar-refractivity contribution in [2.45, 2.75) is 12.3 Å². The molecule has 0 radical (unpaired) electrons. The average molecular weight is 324 g/mol. The number of hydrogen-bond acceptors (Lipinski definition) is 8. The van der Waals surface area contributed by atoms with Gasteiger partial charge < -0.3 is 13.9 Å². The number of amides is 1. The molecule has 0 aromatic carbocycles. The van der Waals surface area contributed by atoms with Crippen molar-refractivity contribution in [3.63, 3.8) is 0 Å². The lowest BCUT2D eigenvalue weighted by Gasteiger charge is -2.28. The first-order valence-corrected chi connectivity index (χ1v) is 7.16. The summed E-state index contributed by atoms with van der Waals surface area (Å²) in [4.78, 5) is 27.7. The van der Waals surface area contributed by atoms with Gasteiger partial charge in [-0.05, 0) is 6.07 Å². The third-order valence-corrected chi connectivity index (χ3v) is 3.57. The van der Waals surface area contributed by atoms with Crippen LogP contribution < -0.4 is 5.32 Å². The molecule has 2 unspecified atom stereocenters. The van der Waals surface area contributed by atoms with Gasteiger partial charge in [-0.25, -0.2) is 4.79 Å². The summed E-state index contributed by atoms with van der Waals surface area (Å²) in [6.07, 6.45) is -0.175. The number of nitrogens with zero attached hydrogens (tertiary/aromatic N) is 3. The van der Waals surface area contributed by atoms with Gasteiger partial charge in [-0.1, -0.05) is 0 Å². The van der Waals surface area contributed by atoms with Crippen LogP contribution >= 0.6 is 0 Å². The van der Waals surface area contributed by atoms with Crippen LogP contribution in [0.1, 0.15) is 5.76 Å². The maximum Gasteiger partial charge on any atom is 0.433 e. The minimum absolute atomic E-state index is 0.239. The molecule has 124 valence electrons. The lowest BCUT2D eigenvalue weighted by atomic mass is 10.2. The molecule has 1 aromatic rings. The van der Waals surface area contributed by atoms with E-state index < -0.39 is 23.3 Å². The highest BCUT2D eigenvalue weighted by Gasteiger charge is 2.35. The number of rotatable bonds is 5. The minimum atomic E-state index is -0.626. The van der Waals surface area contributed by atoms with Crippen LogP contribution in [0.15, 0.2) is 21.5 Å². The van der Waals surface area contributed by atoms with Crippen LogP contribution in [0.2, 0.25) is 0 Å². The molecule has 2 saturated heterocycles. The second-order valence-electron chi connectivity index (χ2n) is 5.16. The highest BCUT2D eigenvalue weighted by molar-refractivity contribution is 5.77. The molecule has 3 rings (SSSR count). The molecule has 0 spiro atoms. The van der Waals surface area contributed by atoms with Crippen LogP contribution in [0.3, 0.4) is 0 Å². The lowest BCUT2D eigenvalue weighted by Crippen LogP contribution is -2.44. The van der Waals surface area contributed by atoms with E-state index in [4.69, 9.17) is 13.9 Å². The molecule has 2 aliphatic rings. The Bertz CT molecular complexity index is 609. The van der Waals surface area contributed by atoms with E-state index in [9.17, 15) is 14.9 Å². The largest absolute Gasteiger partial charge is 0.441 e. The highest BCUT2D eigenvalue weighted by atomic mass is 16.6. The average Bonchev–Trinajstić information content (AvgIpc) is 3.13. The Balaban J connectivity index is 1.62. The predicted molar refractivity (Wildman–Crippen MR) is 77.4 cm³/mol. The molecule has 23 heavy (non-hydrogen) atoms. The summed E-state index contributed by atoms with van der Waals surface area (Å²) in [7, 11) is 0. The van der Waals surface area contributed by atoms with Crippen molar-refractivity contribution in [1.29, 1.82) is 0 Å². The zero-order valence-corrected chi connectivity index (χ0v) is 12.2. The first kappa shape index (κ1) is 15.4. The molecule has 1 aromatic heterocycles. The number of hydrogen-bond donors (Lipinski definition) is 1. The molecule has 2 aliphatic heterocycles. The van der Waals surface area contributed by atoms with Crippen LogP contribution in [0.4, 0.5) is 10.7 Å². The number of aliphatic imine (C=N–C) groups is 1. The van der Waals surface area contributed by atoms with Crippen LogP contribution in [0.25, 0.3) is 0 Å². The third kappa shape index (κ3) is 3.85. The van der Waals surface area contributed by atoms with Crippen LogP contribution in [-0.4, -0.2) is 67.2 Å². The second-order valence-corrected chi connectivity index (χ2v) is 5.16. The quantitative estimate of drug-likeness (QED) is 0.472. The Morgan fingerprint density at radius 3 is 2.91 bits per heavy atom. The van der Waals surface area contributed by atoms with E-state index >= 15 is 0 Å². The normalized spacial score (nSPS) is 25.5. The van der Waals surface area contributed by atoms with Crippen molar-refractivity contribution < 1.29 is 23.6 Å². The summed E-state index contributed by atoms with van der Waals surface area (Å²) in [5.74, 6) is -0.119. The van der Waals surface area contributed by atoms with E-state index in [1.165, 1.54) is 18.3 Å². The maximum absolute atomic E-state index is 11.4. The maximum atomic E-state index is 11.4. The van der Waals surface area contributed by atoms with Crippen LogP contribution in [-0.2, 0) is 9.47 Å². The molecule has 10 nitrogen and oxygen atoms in total. The molecular weight excluding hydrogens is 308 g/mol. The van der Waals surface area contributed by atoms with Crippen molar-refractivity contribution in [1.82, 2.24) is 10.2 Å². The van der Waals surface area contributed by atoms with Crippen molar-refractivity contribution in [3.05, 3.63) is 28.0 Å². The van der Waals surface area contributed by atoms with Crippen molar-refractivity contribution >= 4 is 18.2 Å². The molecule has 10 heteroatoms. The number of carbonyl (C=O) groups excluding carboxylic acids is 1. The lowest BCUT2D eigenvalue weighted by molar-refractivity contribution is -0.402. The second kappa shape index (κ2) is 6.75. The topological polar surface area (TPSA) is 119 Å². The Morgan fingerprint density at radius 1 is 1.43 bits per heavy atom. The molecule has 1 amide bonds. The number of alkyl carbamates (subject to hydrolysis) is 1. The molecule has 0 saturated carbocycles. The van der Waals surface area contributed by atoms with E-state index in [-0.39, 0.29) is 11.6 Å². The summed E-state index contributed by atoms with van der Waals surface area (Å²) < 4.78 is 15.5. The molecule has 0 bridgehead atoms. The monoisotopic (exact) mass is 324 g/mol. The molecule has 2 atom stereocenters. The van der Waals surface area contributed by atoms with Gasteiger partial charge in [-0.3, -0.25) is 25.3 Å². The Labute approximate surface area is 131 Å². The fraction of sp³-hybridized carbons (Fsp3) is 0.538. The van der Waals surface area contributed by atoms with Gasteiger partial charge in [0.1, 0.15) is 4.92 Å². The summed E-state index contributed by atoms with van der Waals surface area (Å²) in [5.41, 5.74) is 0. The SMILES string of the molecule is O=C1NC(/N=C/c2ccc([N+](=O)[O-])o2)C(CN2CCOCC2)O1. The van der Waals surface area contributed by atoms with E-state index in [2.05, 4.69) is 15.2 Å². The molecular formula is C13H16N4O6. The zero-order valence-electron chi connectivity index (χ0n) is 12.2. The van der Waals surface area contributed by atoms with E-state index in [0.717, 1.165) is 13.1 Å². The standard InChI is InChI=1S/C13H16N4O6/c18-13-15-12(10(23-13)8-16-3-5-21-6-4-16)14-7-9-1-2-11(22-9)17(19)20/h1-2,7,10,12H,3-6,8H2,(H,15,18)/b14-7+. The van der Waals surface area contributed by atoms with Gasteiger partial charge >= 0.3 is 12.0 Å². The van der Waals surface area contributed by atoms with Crippen LogP contribution in [0, 0.1) is 10.1 Å². The number of morpholine rings is 1. The van der Waals surface area contributed by atoms with E-state index in [1.807, 2.05) is 0 Å². The Hall–Kier alpha value is -2.46. The van der Waals surface area contributed by atoms with Gasteiger partial charge in [-0.15, -0.1) is 0 Å². The predicted octanol–water partition coefficient (Wildman–Crippen LogP) is 0.373. The van der Waals surface area contributed by atoms with Gasteiger partial charge in [-0.2, -0.15) is 0 Å². The number of furan rings is 1. The first-order valence-electron chi connectivity index (χ1n) is 7.16. The van der Waals surface area contributed by atoms with Gasteiger partial charge in [0.05, 0.1) is 25.5 Å². The van der Waals surface area contributed by atoms with E-state index in [1.54, 1.807) is 0 Å². The number of nitrogens with one attached hydrogen (secondary N) is 1. The molecule has 2 fully saturated rings. The number of cyclic esters (lactones) is 1. The van der Waals surface area contributed by atoms with Gasteiger partial charge in [0, 0.05) is 19.6 Å². The Morgan fingerprint density at radius 2 is 2.22 bits per heavy atom. The summed E-state index contributed by atoms with van der Waals surface area (Å²) >= 11 is 0. The van der Waals surface area contributed by atoms with E-state index in [0.29, 0.717) is 19.8 Å². The number of ether oxygens (including phenoxy) is 2. The van der Waals surface area contributed by atoms with Crippen molar-refractivity contribution in [2.24, 2.45) is 4.99 Å². The van der Waals surface area contributed by atoms with Gasteiger partial charge in [0.25, 0.3) is 0 Å². The fourth-order valence-electron chi connectivity index (χ4n) is 2.42. The number of carbonyl (C=O) groups is 1. The van der Waals surface area contributed by atoms with Crippen LogP contribution in [0.5, 0.6) is 0 Å². The number of nitro groups is 1. The summed E-state index contributed by atoms with van der Waals surface area (Å²) in [6.45, 7) is 3.39. The fourth-order valence-corrected chi connectivity index (χ4v) is 2.42. The Kier molecular flexibility index (Phi) is 4.53. The highest BCUT2D eigenvalue weighted by Crippen LogP contribution is 2.16. The smallest absolute Gasteiger partial charge is 0.433 e.